The van der Waals surface area contributed by atoms with Gasteiger partial charge in [0.25, 0.3) is 0 Å². The average molecular weight is 432 g/mol. The van der Waals surface area contributed by atoms with E-state index in [-0.39, 0.29) is 0 Å². The molecule has 3 aliphatic carbocycles. The van der Waals surface area contributed by atoms with Crippen molar-refractivity contribution in [3.63, 3.8) is 0 Å². The van der Waals surface area contributed by atoms with Gasteiger partial charge in [-0.25, -0.2) is 0 Å². The number of hydrogen-bond acceptors (Lipinski definition) is 2. The van der Waals surface area contributed by atoms with Gasteiger partial charge >= 0.3 is 0 Å². The molecule has 0 bridgehead atoms. The Morgan fingerprint density at radius 2 is 1.80 bits per heavy atom. The maximum atomic E-state index is 6.99. The van der Waals surface area contributed by atoms with Gasteiger partial charge in [-0.2, -0.15) is 0 Å². The highest BCUT2D eigenvalue weighted by Gasteiger charge is 2.61. The maximum Gasteiger partial charge on any atom is 0.192 e. The first-order valence-electron chi connectivity index (χ1n) is 13.0. The van der Waals surface area contributed by atoms with Crippen LogP contribution in [0.4, 0.5) is 0 Å². The van der Waals surface area contributed by atoms with Gasteiger partial charge in [0.2, 0.25) is 0 Å². The number of piperidine rings is 1. The predicted octanol–water partition coefficient (Wildman–Crippen LogP) is 7.38. The number of hydrogen-bond donors (Lipinski definition) is 1. The van der Waals surface area contributed by atoms with Gasteiger partial charge in [-0.15, -0.1) is 0 Å². The second-order valence-electron chi connectivity index (χ2n) is 13.5. The number of allylic oxidation sites excluding steroid dienone is 2. The Morgan fingerprint density at radius 1 is 1.10 bits per heavy atom. The van der Waals surface area contributed by atoms with Crippen LogP contribution in [0.15, 0.2) is 11.8 Å². The molecule has 0 aromatic carbocycles. The lowest BCUT2D eigenvalue weighted by molar-refractivity contribution is -0.0754. The third kappa shape index (κ3) is 3.36. The standard InChI is InChI=1S/C27H49NOSi/c1-18-17-23-27(7,14-10-16-28-23)22-13-15-26(6)20(11-12-21(26)24(18)22)19(2)29-30(8,9)25(3,4)5/h17-22,24,28H,10-16H2,1-9H3/t18?,19?,20-,21+,22+,24+,26-,27-/m1/s1. The largest absolute Gasteiger partial charge is 0.414 e. The van der Waals surface area contributed by atoms with Gasteiger partial charge in [-0.1, -0.05) is 47.6 Å². The van der Waals surface area contributed by atoms with Crippen LogP contribution in [-0.2, 0) is 4.43 Å². The lowest BCUT2D eigenvalue weighted by Gasteiger charge is -2.59. The molecular weight excluding hydrogens is 382 g/mol. The summed E-state index contributed by atoms with van der Waals surface area (Å²) in [5.41, 5.74) is 2.45. The van der Waals surface area contributed by atoms with Crippen molar-refractivity contribution >= 4 is 8.32 Å². The van der Waals surface area contributed by atoms with E-state index in [0.29, 0.717) is 27.9 Å². The summed E-state index contributed by atoms with van der Waals surface area (Å²) >= 11 is 0. The van der Waals surface area contributed by atoms with E-state index in [0.717, 1.165) is 23.7 Å². The summed E-state index contributed by atoms with van der Waals surface area (Å²) in [6, 6.07) is 0. The number of fused-ring (bicyclic) bond motifs is 5. The quantitative estimate of drug-likeness (QED) is 0.471. The van der Waals surface area contributed by atoms with E-state index >= 15 is 0 Å². The molecule has 3 fully saturated rings. The van der Waals surface area contributed by atoms with E-state index in [4.69, 9.17) is 4.43 Å². The van der Waals surface area contributed by atoms with Gasteiger partial charge < -0.3 is 9.74 Å². The number of rotatable bonds is 3. The summed E-state index contributed by atoms with van der Waals surface area (Å²) in [5.74, 6) is 4.05. The Kier molecular flexibility index (Phi) is 5.62. The lowest BCUT2D eigenvalue weighted by atomic mass is 9.47. The zero-order valence-electron chi connectivity index (χ0n) is 21.4. The molecule has 0 radical (unpaired) electrons. The van der Waals surface area contributed by atoms with Crippen LogP contribution in [0.2, 0.25) is 18.1 Å². The van der Waals surface area contributed by atoms with Crippen LogP contribution in [0.5, 0.6) is 0 Å². The van der Waals surface area contributed by atoms with Gasteiger partial charge in [0.05, 0.1) is 0 Å². The third-order valence-electron chi connectivity index (χ3n) is 10.9. The van der Waals surface area contributed by atoms with Crippen molar-refractivity contribution in [1.29, 1.82) is 0 Å². The van der Waals surface area contributed by atoms with Crippen molar-refractivity contribution in [1.82, 2.24) is 5.32 Å². The Bertz CT molecular complexity index is 693. The summed E-state index contributed by atoms with van der Waals surface area (Å²) in [6.45, 7) is 23.4. The lowest BCUT2D eigenvalue weighted by Crippen LogP contribution is -2.55. The second kappa shape index (κ2) is 7.37. The van der Waals surface area contributed by atoms with Crippen molar-refractivity contribution in [2.75, 3.05) is 6.54 Å². The summed E-state index contributed by atoms with van der Waals surface area (Å²) in [6.07, 6.45) is 11.4. The van der Waals surface area contributed by atoms with Crippen molar-refractivity contribution < 1.29 is 4.43 Å². The molecule has 30 heavy (non-hydrogen) atoms. The molecule has 8 atom stereocenters. The average Bonchev–Trinajstić information content (AvgIpc) is 2.98. The molecule has 3 heteroatoms. The molecule has 0 amide bonds. The van der Waals surface area contributed by atoms with Gasteiger partial charge in [0.1, 0.15) is 0 Å². The minimum Gasteiger partial charge on any atom is -0.414 e. The normalized spacial score (nSPS) is 45.0. The SMILES string of the molecule is CC1C=C2NCCC[C@]2(C)[C@H]2CC[C@]3(C)[C@@H](C(C)O[Si](C)(C)C(C)(C)C)CC[C@H]3[C@H]12. The van der Waals surface area contributed by atoms with Gasteiger partial charge in [0.15, 0.2) is 8.32 Å². The highest BCUT2D eigenvalue weighted by atomic mass is 28.4. The Morgan fingerprint density at radius 3 is 2.47 bits per heavy atom. The first-order chi connectivity index (χ1) is 13.8. The molecule has 2 nitrogen and oxygen atoms in total. The van der Waals surface area contributed by atoms with Gasteiger partial charge in [0, 0.05) is 23.8 Å². The van der Waals surface area contributed by atoms with E-state index in [9.17, 15) is 0 Å². The molecular formula is C27H49NOSi. The predicted molar refractivity (Wildman–Crippen MR) is 131 cm³/mol. The van der Waals surface area contributed by atoms with Gasteiger partial charge in [-0.3, -0.25) is 0 Å². The molecule has 1 aliphatic heterocycles. The third-order valence-corrected chi connectivity index (χ3v) is 15.5. The smallest absolute Gasteiger partial charge is 0.192 e. The van der Waals surface area contributed by atoms with Crippen molar-refractivity contribution in [2.45, 2.75) is 111 Å². The minimum atomic E-state index is -1.73. The molecule has 1 saturated heterocycles. The zero-order chi connectivity index (χ0) is 22.1. The minimum absolute atomic E-state index is 0.291. The second-order valence-corrected chi connectivity index (χ2v) is 18.2. The fourth-order valence-electron chi connectivity index (χ4n) is 8.23. The van der Waals surface area contributed by atoms with Crippen LogP contribution in [-0.4, -0.2) is 21.0 Å². The highest BCUT2D eigenvalue weighted by molar-refractivity contribution is 6.74. The molecule has 0 aromatic heterocycles. The summed E-state index contributed by atoms with van der Waals surface area (Å²) in [7, 11) is -1.73. The van der Waals surface area contributed by atoms with E-state index < -0.39 is 8.32 Å². The van der Waals surface area contributed by atoms with Crippen LogP contribution in [0.1, 0.15) is 87.0 Å². The summed E-state index contributed by atoms with van der Waals surface area (Å²) in [5, 5.41) is 4.10. The first-order valence-corrected chi connectivity index (χ1v) is 15.9. The zero-order valence-corrected chi connectivity index (χ0v) is 22.4. The molecule has 4 aliphatic rings. The summed E-state index contributed by atoms with van der Waals surface area (Å²) in [4.78, 5) is 0. The van der Waals surface area contributed by atoms with Crippen LogP contribution in [0, 0.1) is 40.4 Å². The fourth-order valence-corrected chi connectivity index (χ4v) is 9.68. The van der Waals surface area contributed by atoms with Gasteiger partial charge in [-0.05, 0) is 98.6 Å². The van der Waals surface area contributed by atoms with Crippen molar-refractivity contribution in [3.05, 3.63) is 11.8 Å². The van der Waals surface area contributed by atoms with Crippen molar-refractivity contribution in [2.24, 2.45) is 40.4 Å². The first kappa shape index (κ1) is 22.9. The van der Waals surface area contributed by atoms with E-state index in [1.807, 2.05) is 0 Å². The maximum absolute atomic E-state index is 6.99. The molecule has 1 heterocycles. The topological polar surface area (TPSA) is 21.3 Å². The molecule has 0 spiro atoms. The highest BCUT2D eigenvalue weighted by Crippen LogP contribution is 2.67. The Balaban J connectivity index is 1.59. The van der Waals surface area contributed by atoms with Crippen LogP contribution < -0.4 is 5.32 Å². The Hall–Kier alpha value is -0.283. The van der Waals surface area contributed by atoms with E-state index in [1.165, 1.54) is 45.1 Å². The molecule has 1 N–H and O–H groups in total. The molecule has 2 unspecified atom stereocenters. The fraction of sp³-hybridized carbons (Fsp3) is 0.926. The number of nitrogens with one attached hydrogen (secondary N) is 1. The summed E-state index contributed by atoms with van der Waals surface area (Å²) < 4.78 is 6.99. The molecule has 0 aromatic rings. The van der Waals surface area contributed by atoms with E-state index in [2.05, 4.69) is 73.0 Å². The van der Waals surface area contributed by atoms with Crippen LogP contribution >= 0.6 is 0 Å². The van der Waals surface area contributed by atoms with Crippen molar-refractivity contribution in [3.8, 4) is 0 Å². The molecule has 4 rings (SSSR count). The van der Waals surface area contributed by atoms with Crippen LogP contribution in [0.25, 0.3) is 0 Å². The molecule has 2 saturated carbocycles. The van der Waals surface area contributed by atoms with Crippen LogP contribution in [0.3, 0.4) is 0 Å². The Labute approximate surface area is 188 Å². The van der Waals surface area contributed by atoms with E-state index in [1.54, 1.807) is 5.70 Å². The molecule has 172 valence electrons. The monoisotopic (exact) mass is 431 g/mol.